The van der Waals surface area contributed by atoms with Gasteiger partial charge in [0.2, 0.25) is 0 Å². The molecule has 3 N–H and O–H groups in total. The van der Waals surface area contributed by atoms with E-state index in [-0.39, 0.29) is 6.10 Å². The third-order valence-electron chi connectivity index (χ3n) is 2.10. The molecule has 64 valence electrons. The molecule has 0 saturated carbocycles. The average molecular weight is 164 g/mol. The molecular weight excluding hydrogens is 152 g/mol. The first kappa shape index (κ1) is 7.43. The smallest absolute Gasteiger partial charge is 0.0889 e. The SMILES string of the molecule is Nc1cccc(N2CC(O)C2)c1. The standard InChI is InChI=1S/C9H12N2O/c10-7-2-1-3-8(4-7)11-5-9(12)6-11/h1-4,9,12H,5-6,10H2. The van der Waals surface area contributed by atoms with Gasteiger partial charge in [-0.15, -0.1) is 0 Å². The van der Waals surface area contributed by atoms with E-state index in [1.165, 1.54) is 0 Å². The molecule has 1 saturated heterocycles. The lowest BCUT2D eigenvalue weighted by Gasteiger charge is -2.37. The highest BCUT2D eigenvalue weighted by atomic mass is 16.3. The quantitative estimate of drug-likeness (QED) is 0.592. The number of aliphatic hydroxyl groups excluding tert-OH is 1. The molecule has 0 aliphatic carbocycles. The maximum atomic E-state index is 9.08. The fourth-order valence-corrected chi connectivity index (χ4v) is 1.39. The van der Waals surface area contributed by atoms with Crippen molar-refractivity contribution in [3.63, 3.8) is 0 Å². The van der Waals surface area contributed by atoms with Gasteiger partial charge in [-0.2, -0.15) is 0 Å². The second kappa shape index (κ2) is 2.68. The Balaban J connectivity index is 2.13. The summed E-state index contributed by atoms with van der Waals surface area (Å²) in [7, 11) is 0. The summed E-state index contributed by atoms with van der Waals surface area (Å²) in [5.74, 6) is 0. The number of β-amino-alcohol motifs (C(OH)–C–C–N with tert-alkyl or cyclic N) is 1. The second-order valence-electron chi connectivity index (χ2n) is 3.15. The Bertz CT molecular complexity index is 282. The Morgan fingerprint density at radius 3 is 2.75 bits per heavy atom. The molecule has 0 radical (unpaired) electrons. The molecule has 1 aromatic rings. The van der Waals surface area contributed by atoms with E-state index in [1.54, 1.807) is 0 Å². The number of nitrogens with zero attached hydrogens (tertiary/aromatic N) is 1. The van der Waals surface area contributed by atoms with E-state index in [0.717, 1.165) is 24.5 Å². The summed E-state index contributed by atoms with van der Waals surface area (Å²) in [4.78, 5) is 2.10. The molecule has 1 aliphatic heterocycles. The molecule has 1 fully saturated rings. The predicted molar refractivity (Wildman–Crippen MR) is 49.1 cm³/mol. The molecule has 0 bridgehead atoms. The Kier molecular flexibility index (Phi) is 1.66. The summed E-state index contributed by atoms with van der Waals surface area (Å²) < 4.78 is 0. The lowest BCUT2D eigenvalue weighted by molar-refractivity contribution is 0.142. The monoisotopic (exact) mass is 164 g/mol. The molecular formula is C9H12N2O. The van der Waals surface area contributed by atoms with E-state index < -0.39 is 0 Å². The molecule has 3 nitrogen and oxygen atoms in total. The van der Waals surface area contributed by atoms with Gasteiger partial charge in [-0.05, 0) is 18.2 Å². The normalized spacial score (nSPS) is 17.6. The summed E-state index contributed by atoms with van der Waals surface area (Å²) in [6, 6.07) is 7.71. The third-order valence-corrected chi connectivity index (χ3v) is 2.10. The molecule has 1 aliphatic rings. The summed E-state index contributed by atoms with van der Waals surface area (Å²) in [6.07, 6.45) is -0.161. The number of nitrogen functional groups attached to an aromatic ring is 1. The third kappa shape index (κ3) is 1.23. The molecule has 2 rings (SSSR count). The molecule has 1 heterocycles. The van der Waals surface area contributed by atoms with E-state index in [0.29, 0.717) is 0 Å². The molecule has 0 spiro atoms. The van der Waals surface area contributed by atoms with Crippen molar-refractivity contribution >= 4 is 11.4 Å². The zero-order chi connectivity index (χ0) is 8.55. The van der Waals surface area contributed by atoms with Crippen LogP contribution in [-0.4, -0.2) is 24.3 Å². The number of hydrogen-bond acceptors (Lipinski definition) is 3. The van der Waals surface area contributed by atoms with Gasteiger partial charge in [-0.3, -0.25) is 0 Å². The summed E-state index contributed by atoms with van der Waals surface area (Å²) >= 11 is 0. The van der Waals surface area contributed by atoms with Crippen molar-refractivity contribution in [2.24, 2.45) is 0 Å². The summed E-state index contributed by atoms with van der Waals surface area (Å²) in [6.45, 7) is 1.45. The van der Waals surface area contributed by atoms with Crippen LogP contribution in [0, 0.1) is 0 Å². The number of anilines is 2. The van der Waals surface area contributed by atoms with Crippen molar-refractivity contribution in [1.29, 1.82) is 0 Å². The van der Waals surface area contributed by atoms with Crippen molar-refractivity contribution in [3.05, 3.63) is 24.3 Å². The number of nitrogens with two attached hydrogens (primary N) is 1. The first-order valence-corrected chi connectivity index (χ1v) is 4.04. The average Bonchev–Trinajstić information content (AvgIpc) is 1.99. The summed E-state index contributed by atoms with van der Waals surface area (Å²) in [5.41, 5.74) is 7.49. The van der Waals surface area contributed by atoms with Crippen LogP contribution in [0.5, 0.6) is 0 Å². The maximum absolute atomic E-state index is 9.08. The predicted octanol–water partition coefficient (Wildman–Crippen LogP) is 0.450. The van der Waals surface area contributed by atoms with Gasteiger partial charge < -0.3 is 15.7 Å². The van der Waals surface area contributed by atoms with Gasteiger partial charge in [0.05, 0.1) is 6.10 Å². The van der Waals surface area contributed by atoms with Crippen LogP contribution in [0.1, 0.15) is 0 Å². The van der Waals surface area contributed by atoms with Crippen molar-refractivity contribution in [2.45, 2.75) is 6.10 Å². The van der Waals surface area contributed by atoms with Crippen LogP contribution < -0.4 is 10.6 Å². The number of aliphatic hydroxyl groups is 1. The highest BCUT2D eigenvalue weighted by Crippen LogP contribution is 2.22. The van der Waals surface area contributed by atoms with Crippen LogP contribution in [0.4, 0.5) is 11.4 Å². The lowest BCUT2D eigenvalue weighted by Crippen LogP contribution is -2.50. The lowest BCUT2D eigenvalue weighted by atomic mass is 10.1. The zero-order valence-corrected chi connectivity index (χ0v) is 6.77. The number of hydrogen-bond donors (Lipinski definition) is 2. The van der Waals surface area contributed by atoms with Gasteiger partial charge in [0.15, 0.2) is 0 Å². The number of rotatable bonds is 1. The van der Waals surface area contributed by atoms with E-state index >= 15 is 0 Å². The van der Waals surface area contributed by atoms with Crippen molar-refractivity contribution in [3.8, 4) is 0 Å². The fourth-order valence-electron chi connectivity index (χ4n) is 1.39. The highest BCUT2D eigenvalue weighted by molar-refractivity contribution is 5.57. The Morgan fingerprint density at radius 1 is 1.42 bits per heavy atom. The molecule has 0 unspecified atom stereocenters. The zero-order valence-electron chi connectivity index (χ0n) is 6.77. The molecule has 1 aromatic carbocycles. The largest absolute Gasteiger partial charge is 0.399 e. The van der Waals surface area contributed by atoms with Crippen molar-refractivity contribution < 1.29 is 5.11 Å². The minimum absolute atomic E-state index is 0.161. The topological polar surface area (TPSA) is 49.5 Å². The van der Waals surface area contributed by atoms with Crippen LogP contribution in [0.15, 0.2) is 24.3 Å². The first-order chi connectivity index (χ1) is 5.75. The van der Waals surface area contributed by atoms with Crippen molar-refractivity contribution in [1.82, 2.24) is 0 Å². The minimum atomic E-state index is -0.161. The van der Waals surface area contributed by atoms with Gasteiger partial charge in [0, 0.05) is 24.5 Å². The highest BCUT2D eigenvalue weighted by Gasteiger charge is 2.24. The van der Waals surface area contributed by atoms with Gasteiger partial charge in [-0.1, -0.05) is 6.07 Å². The molecule has 12 heavy (non-hydrogen) atoms. The number of benzene rings is 1. The van der Waals surface area contributed by atoms with Gasteiger partial charge in [0.25, 0.3) is 0 Å². The van der Waals surface area contributed by atoms with E-state index in [2.05, 4.69) is 4.90 Å². The Labute approximate surface area is 71.4 Å². The van der Waals surface area contributed by atoms with Gasteiger partial charge >= 0.3 is 0 Å². The second-order valence-corrected chi connectivity index (χ2v) is 3.15. The van der Waals surface area contributed by atoms with E-state index in [9.17, 15) is 0 Å². The van der Waals surface area contributed by atoms with E-state index in [4.69, 9.17) is 10.8 Å². The molecule has 0 aromatic heterocycles. The first-order valence-electron chi connectivity index (χ1n) is 4.04. The fraction of sp³-hybridized carbons (Fsp3) is 0.333. The van der Waals surface area contributed by atoms with Gasteiger partial charge in [-0.25, -0.2) is 0 Å². The van der Waals surface area contributed by atoms with Crippen LogP contribution in [0.25, 0.3) is 0 Å². The van der Waals surface area contributed by atoms with Crippen LogP contribution in [0.2, 0.25) is 0 Å². The Hall–Kier alpha value is -1.22. The molecule has 0 atom stereocenters. The van der Waals surface area contributed by atoms with Crippen LogP contribution in [0.3, 0.4) is 0 Å². The van der Waals surface area contributed by atoms with Gasteiger partial charge in [0.1, 0.15) is 0 Å². The van der Waals surface area contributed by atoms with Crippen molar-refractivity contribution in [2.75, 3.05) is 23.7 Å². The Morgan fingerprint density at radius 2 is 2.17 bits per heavy atom. The summed E-state index contributed by atoms with van der Waals surface area (Å²) in [5, 5.41) is 9.08. The minimum Gasteiger partial charge on any atom is -0.399 e. The maximum Gasteiger partial charge on any atom is 0.0889 e. The van der Waals surface area contributed by atoms with Crippen LogP contribution >= 0.6 is 0 Å². The molecule has 0 amide bonds. The van der Waals surface area contributed by atoms with E-state index in [1.807, 2.05) is 24.3 Å². The molecule has 3 heteroatoms. The van der Waals surface area contributed by atoms with Crippen LogP contribution in [-0.2, 0) is 0 Å².